The van der Waals surface area contributed by atoms with Gasteiger partial charge >= 0.3 is 0 Å². The van der Waals surface area contributed by atoms with Crippen LogP contribution in [0.2, 0.25) is 5.02 Å². The number of carbonyl (C=O) groups excluding carboxylic acids is 1. The summed E-state index contributed by atoms with van der Waals surface area (Å²) < 4.78 is 5.55. The maximum absolute atomic E-state index is 12.6. The summed E-state index contributed by atoms with van der Waals surface area (Å²) in [7, 11) is 0. The van der Waals surface area contributed by atoms with Gasteiger partial charge in [-0.15, -0.1) is 0 Å². The van der Waals surface area contributed by atoms with Crippen molar-refractivity contribution in [2.45, 2.75) is 6.61 Å². The number of hydrogen-bond donors (Lipinski definition) is 2. The highest BCUT2D eigenvalue weighted by Gasteiger charge is 2.12. The normalized spacial score (nSPS) is 10.9. The maximum atomic E-state index is 12.6. The van der Waals surface area contributed by atoms with E-state index in [4.69, 9.17) is 21.1 Å². The van der Waals surface area contributed by atoms with Crippen LogP contribution in [0.4, 0.5) is 5.69 Å². The van der Waals surface area contributed by atoms with Gasteiger partial charge in [0.25, 0.3) is 5.91 Å². The molecule has 5 heteroatoms. The van der Waals surface area contributed by atoms with Crippen molar-refractivity contribution in [3.8, 4) is 11.3 Å². The summed E-state index contributed by atoms with van der Waals surface area (Å²) in [6.07, 6.45) is 0. The van der Waals surface area contributed by atoms with E-state index in [0.29, 0.717) is 33.4 Å². The molecule has 1 heterocycles. The van der Waals surface area contributed by atoms with Gasteiger partial charge in [0.2, 0.25) is 0 Å². The number of rotatable bonds is 4. The Balaban J connectivity index is 1.61. The van der Waals surface area contributed by atoms with E-state index in [2.05, 4.69) is 5.32 Å². The number of amides is 1. The second kappa shape index (κ2) is 7.27. The van der Waals surface area contributed by atoms with E-state index in [0.717, 1.165) is 10.8 Å². The summed E-state index contributed by atoms with van der Waals surface area (Å²) in [5.74, 6) is 0.780. The van der Waals surface area contributed by atoms with Crippen LogP contribution < -0.4 is 5.32 Å². The largest absolute Gasteiger partial charge is 0.459 e. The molecule has 0 saturated carbocycles. The third-order valence-electron chi connectivity index (χ3n) is 4.32. The fourth-order valence-electron chi connectivity index (χ4n) is 2.93. The van der Waals surface area contributed by atoms with E-state index in [9.17, 15) is 4.79 Å². The summed E-state index contributed by atoms with van der Waals surface area (Å²) in [5.41, 5.74) is 1.83. The highest BCUT2D eigenvalue weighted by atomic mass is 35.5. The number of anilines is 1. The van der Waals surface area contributed by atoms with Crippen LogP contribution in [0, 0.1) is 0 Å². The second-order valence-corrected chi connectivity index (χ2v) is 6.54. The molecule has 0 saturated heterocycles. The minimum atomic E-state index is -0.204. The van der Waals surface area contributed by atoms with E-state index < -0.39 is 0 Å². The first-order valence-electron chi connectivity index (χ1n) is 8.44. The van der Waals surface area contributed by atoms with Gasteiger partial charge < -0.3 is 14.8 Å². The van der Waals surface area contributed by atoms with Gasteiger partial charge in [0.15, 0.2) is 0 Å². The van der Waals surface area contributed by atoms with Crippen LogP contribution in [0.3, 0.4) is 0 Å². The molecular weight excluding hydrogens is 362 g/mol. The van der Waals surface area contributed by atoms with E-state index in [-0.39, 0.29) is 12.5 Å². The minimum absolute atomic E-state index is 0.185. The number of fused-ring (bicyclic) bond motifs is 1. The van der Waals surface area contributed by atoms with Gasteiger partial charge in [-0.05, 0) is 53.2 Å². The quantitative estimate of drug-likeness (QED) is 0.493. The number of hydrogen-bond acceptors (Lipinski definition) is 3. The topological polar surface area (TPSA) is 62.5 Å². The summed E-state index contributed by atoms with van der Waals surface area (Å²) in [6.45, 7) is -0.185. The highest BCUT2D eigenvalue weighted by molar-refractivity contribution is 6.33. The lowest BCUT2D eigenvalue weighted by Gasteiger charge is -2.09. The fraction of sp³-hybridized carbons (Fsp3) is 0.0455. The SMILES string of the molecule is O=C(Nc1ccc(Cl)c(-c2ccc(CO)o2)c1)c1ccc2ccccc2c1. The number of nitrogens with one attached hydrogen (secondary N) is 1. The van der Waals surface area contributed by atoms with Crippen LogP contribution in [-0.4, -0.2) is 11.0 Å². The maximum Gasteiger partial charge on any atom is 0.255 e. The first-order valence-corrected chi connectivity index (χ1v) is 8.81. The molecule has 4 nitrogen and oxygen atoms in total. The van der Waals surface area contributed by atoms with Crippen molar-refractivity contribution in [3.63, 3.8) is 0 Å². The summed E-state index contributed by atoms with van der Waals surface area (Å²) in [6, 6.07) is 22.1. The number of aliphatic hydroxyl groups is 1. The van der Waals surface area contributed by atoms with Crippen LogP contribution in [0.15, 0.2) is 77.2 Å². The van der Waals surface area contributed by atoms with Crippen molar-refractivity contribution < 1.29 is 14.3 Å². The molecular formula is C22H16ClNO3. The van der Waals surface area contributed by atoms with Crippen molar-refractivity contribution >= 4 is 34.0 Å². The summed E-state index contributed by atoms with van der Waals surface area (Å²) >= 11 is 6.27. The van der Waals surface area contributed by atoms with Crippen molar-refractivity contribution in [3.05, 3.63) is 89.1 Å². The van der Waals surface area contributed by atoms with Crippen LogP contribution in [-0.2, 0) is 6.61 Å². The molecule has 27 heavy (non-hydrogen) atoms. The Labute approximate surface area is 161 Å². The molecule has 0 atom stereocenters. The molecule has 134 valence electrons. The Morgan fingerprint density at radius 2 is 1.78 bits per heavy atom. The predicted octanol–water partition coefficient (Wildman–Crippen LogP) is 5.50. The number of carbonyl (C=O) groups is 1. The summed E-state index contributed by atoms with van der Waals surface area (Å²) in [5, 5.41) is 14.6. The highest BCUT2D eigenvalue weighted by Crippen LogP contribution is 2.32. The molecule has 0 radical (unpaired) electrons. The summed E-state index contributed by atoms with van der Waals surface area (Å²) in [4.78, 5) is 12.6. The average molecular weight is 378 g/mol. The Bertz CT molecular complexity index is 1130. The molecule has 0 aliphatic rings. The van der Waals surface area contributed by atoms with E-state index >= 15 is 0 Å². The molecule has 4 rings (SSSR count). The predicted molar refractivity (Wildman–Crippen MR) is 107 cm³/mol. The molecule has 0 bridgehead atoms. The Morgan fingerprint density at radius 1 is 0.963 bits per heavy atom. The monoisotopic (exact) mass is 377 g/mol. The number of halogens is 1. The van der Waals surface area contributed by atoms with Crippen LogP contribution in [0.1, 0.15) is 16.1 Å². The van der Waals surface area contributed by atoms with Crippen LogP contribution >= 0.6 is 11.6 Å². The zero-order valence-electron chi connectivity index (χ0n) is 14.3. The number of aliphatic hydroxyl groups excluding tert-OH is 1. The molecule has 0 aliphatic carbocycles. The van der Waals surface area contributed by atoms with Crippen LogP contribution in [0.5, 0.6) is 0 Å². The lowest BCUT2D eigenvalue weighted by molar-refractivity contribution is 0.102. The Hall–Kier alpha value is -3.08. The molecule has 0 aliphatic heterocycles. The fourth-order valence-corrected chi connectivity index (χ4v) is 3.14. The lowest BCUT2D eigenvalue weighted by atomic mass is 10.1. The second-order valence-electron chi connectivity index (χ2n) is 6.13. The van der Waals surface area contributed by atoms with Crippen LogP contribution in [0.25, 0.3) is 22.1 Å². The number of benzene rings is 3. The van der Waals surface area contributed by atoms with Crippen molar-refractivity contribution in [1.29, 1.82) is 0 Å². The zero-order valence-corrected chi connectivity index (χ0v) is 15.0. The van der Waals surface area contributed by atoms with Crippen molar-refractivity contribution in [2.75, 3.05) is 5.32 Å². The van der Waals surface area contributed by atoms with Crippen molar-refractivity contribution in [2.24, 2.45) is 0 Å². The Kier molecular flexibility index (Phi) is 4.67. The molecule has 2 N–H and O–H groups in total. The van der Waals surface area contributed by atoms with E-state index in [1.54, 1.807) is 36.4 Å². The lowest BCUT2D eigenvalue weighted by Crippen LogP contribution is -2.11. The van der Waals surface area contributed by atoms with E-state index in [1.807, 2.05) is 36.4 Å². The van der Waals surface area contributed by atoms with Gasteiger partial charge in [0.05, 0.1) is 5.02 Å². The Morgan fingerprint density at radius 3 is 2.56 bits per heavy atom. The smallest absolute Gasteiger partial charge is 0.255 e. The molecule has 0 unspecified atom stereocenters. The average Bonchev–Trinajstić information content (AvgIpc) is 3.18. The van der Waals surface area contributed by atoms with Gasteiger partial charge in [-0.2, -0.15) is 0 Å². The molecule has 4 aromatic rings. The van der Waals surface area contributed by atoms with Gasteiger partial charge in [-0.1, -0.05) is 41.9 Å². The molecule has 0 spiro atoms. The third-order valence-corrected chi connectivity index (χ3v) is 4.65. The standard InChI is InChI=1S/C22H16ClNO3/c23-20-9-7-17(12-19(20)21-10-8-18(13-25)27-21)24-22(26)16-6-5-14-3-1-2-4-15(14)11-16/h1-12,25H,13H2,(H,24,26). The first kappa shape index (κ1) is 17.3. The molecule has 1 aromatic heterocycles. The zero-order chi connectivity index (χ0) is 18.8. The minimum Gasteiger partial charge on any atom is -0.459 e. The van der Waals surface area contributed by atoms with Gasteiger partial charge in [-0.25, -0.2) is 0 Å². The van der Waals surface area contributed by atoms with E-state index in [1.165, 1.54) is 0 Å². The van der Waals surface area contributed by atoms with Gasteiger partial charge in [0, 0.05) is 16.8 Å². The van der Waals surface area contributed by atoms with Gasteiger partial charge in [-0.3, -0.25) is 4.79 Å². The van der Waals surface area contributed by atoms with Crippen molar-refractivity contribution in [1.82, 2.24) is 0 Å². The molecule has 1 amide bonds. The first-order chi connectivity index (χ1) is 13.1. The molecule has 3 aromatic carbocycles. The third kappa shape index (κ3) is 3.58. The van der Waals surface area contributed by atoms with Gasteiger partial charge in [0.1, 0.15) is 18.1 Å². The number of furan rings is 1. The molecule has 0 fully saturated rings.